The van der Waals surface area contributed by atoms with Crippen molar-refractivity contribution in [3.63, 3.8) is 0 Å². The minimum absolute atomic E-state index is 0.0810. The lowest BCUT2D eigenvalue weighted by Gasteiger charge is -2.31. The molecule has 3 aromatic rings. The molecular formula is C28H33N3O5S. The van der Waals surface area contributed by atoms with Crippen LogP contribution in [0.1, 0.15) is 36.1 Å². The van der Waals surface area contributed by atoms with E-state index in [2.05, 4.69) is 10.0 Å². The summed E-state index contributed by atoms with van der Waals surface area (Å²) >= 11 is 0. The highest BCUT2D eigenvalue weighted by Crippen LogP contribution is 2.25. The molecule has 0 radical (unpaired) electrons. The van der Waals surface area contributed by atoms with E-state index in [4.69, 9.17) is 0 Å². The Morgan fingerprint density at radius 2 is 1.51 bits per heavy atom. The van der Waals surface area contributed by atoms with Crippen molar-refractivity contribution < 1.29 is 23.1 Å². The van der Waals surface area contributed by atoms with Crippen LogP contribution in [0.4, 0.5) is 0 Å². The Morgan fingerprint density at radius 3 is 2.11 bits per heavy atom. The van der Waals surface area contributed by atoms with Crippen molar-refractivity contribution in [1.29, 1.82) is 0 Å². The van der Waals surface area contributed by atoms with Crippen LogP contribution in [0.25, 0.3) is 0 Å². The first kappa shape index (κ1) is 28.0. The molecule has 3 rings (SSSR count). The second kappa shape index (κ2) is 13.7. The summed E-state index contributed by atoms with van der Waals surface area (Å²) in [7, 11) is -3.55. The highest BCUT2D eigenvalue weighted by atomic mass is 32.2. The van der Waals surface area contributed by atoms with Crippen molar-refractivity contribution in [2.45, 2.75) is 37.2 Å². The molecule has 3 aromatic carbocycles. The summed E-state index contributed by atoms with van der Waals surface area (Å²) in [4.78, 5) is 28.6. The largest absolute Gasteiger partial charge is 0.395 e. The van der Waals surface area contributed by atoms with Gasteiger partial charge in [0.15, 0.2) is 0 Å². The summed E-state index contributed by atoms with van der Waals surface area (Å²) < 4.78 is 26.8. The van der Waals surface area contributed by atoms with E-state index in [9.17, 15) is 23.1 Å². The molecule has 0 unspecified atom stereocenters. The molecule has 1 atom stereocenters. The number of rotatable bonds is 13. The molecule has 0 bridgehead atoms. The van der Waals surface area contributed by atoms with E-state index in [0.717, 1.165) is 11.1 Å². The fraction of sp³-hybridized carbons (Fsp3) is 0.286. The molecule has 9 heteroatoms. The molecule has 3 N–H and O–H groups in total. The summed E-state index contributed by atoms with van der Waals surface area (Å²) in [5.41, 5.74) is 2.36. The van der Waals surface area contributed by atoms with E-state index in [1.54, 1.807) is 36.1 Å². The maximum absolute atomic E-state index is 13.6. The van der Waals surface area contributed by atoms with Crippen molar-refractivity contribution in [3.8, 4) is 0 Å². The fourth-order valence-electron chi connectivity index (χ4n) is 3.99. The van der Waals surface area contributed by atoms with Crippen molar-refractivity contribution in [2.75, 3.05) is 19.7 Å². The quantitative estimate of drug-likeness (QED) is 0.319. The molecule has 0 heterocycles. The molecule has 0 fully saturated rings. The van der Waals surface area contributed by atoms with Gasteiger partial charge >= 0.3 is 0 Å². The fourth-order valence-corrected chi connectivity index (χ4v) is 5.03. The van der Waals surface area contributed by atoms with E-state index >= 15 is 0 Å². The number of sulfonamides is 1. The predicted molar refractivity (Wildman–Crippen MR) is 142 cm³/mol. The van der Waals surface area contributed by atoms with Gasteiger partial charge in [0.25, 0.3) is 0 Å². The number of benzene rings is 3. The average molecular weight is 524 g/mol. The molecule has 196 valence electrons. The molecule has 0 aliphatic rings. The Hall–Kier alpha value is -3.53. The van der Waals surface area contributed by atoms with Gasteiger partial charge < -0.3 is 15.3 Å². The van der Waals surface area contributed by atoms with Gasteiger partial charge in [0.1, 0.15) is 6.04 Å². The Kier molecular flexibility index (Phi) is 10.4. The van der Waals surface area contributed by atoms with Crippen LogP contribution >= 0.6 is 0 Å². The van der Waals surface area contributed by atoms with E-state index in [-0.39, 0.29) is 42.8 Å². The first-order chi connectivity index (χ1) is 17.9. The normalized spacial score (nSPS) is 12.1. The van der Waals surface area contributed by atoms with Crippen LogP contribution in [-0.2, 0) is 32.6 Å². The lowest BCUT2D eigenvalue weighted by atomic mass is 10.0. The monoisotopic (exact) mass is 523 g/mol. The maximum Gasteiger partial charge on any atom is 0.247 e. The van der Waals surface area contributed by atoms with Crippen LogP contribution in [-0.4, -0.2) is 49.9 Å². The van der Waals surface area contributed by atoms with Crippen LogP contribution < -0.4 is 10.0 Å². The Balaban J connectivity index is 1.85. The van der Waals surface area contributed by atoms with Crippen molar-refractivity contribution in [2.24, 2.45) is 0 Å². The molecule has 8 nitrogen and oxygen atoms in total. The number of hydrogen-bond donors (Lipinski definition) is 3. The van der Waals surface area contributed by atoms with E-state index in [0.29, 0.717) is 18.5 Å². The summed E-state index contributed by atoms with van der Waals surface area (Å²) in [5.74, 6) is -0.594. The van der Waals surface area contributed by atoms with Gasteiger partial charge in [-0.2, -0.15) is 0 Å². The number of nitrogens with zero attached hydrogens (tertiary/aromatic N) is 1. The molecule has 0 spiro atoms. The molecule has 0 aliphatic carbocycles. The lowest BCUT2D eigenvalue weighted by Crippen LogP contribution is -2.44. The van der Waals surface area contributed by atoms with Crippen molar-refractivity contribution in [3.05, 3.63) is 102 Å². The highest BCUT2D eigenvalue weighted by Gasteiger charge is 2.31. The number of hydrogen-bond acceptors (Lipinski definition) is 5. The summed E-state index contributed by atoms with van der Waals surface area (Å²) in [5, 5.41) is 11.9. The van der Waals surface area contributed by atoms with Gasteiger partial charge in [0, 0.05) is 26.1 Å². The minimum Gasteiger partial charge on any atom is -0.395 e. The minimum atomic E-state index is -3.55. The molecule has 0 aliphatic heterocycles. The van der Waals surface area contributed by atoms with Gasteiger partial charge in [-0.25, -0.2) is 13.1 Å². The van der Waals surface area contributed by atoms with Gasteiger partial charge in [-0.1, -0.05) is 79.7 Å². The highest BCUT2D eigenvalue weighted by molar-refractivity contribution is 7.89. The Morgan fingerprint density at radius 1 is 0.892 bits per heavy atom. The number of aliphatic hydroxyl groups excluding tert-OH is 1. The van der Waals surface area contributed by atoms with Gasteiger partial charge in [-0.15, -0.1) is 0 Å². The van der Waals surface area contributed by atoms with Crippen LogP contribution in [0.15, 0.2) is 89.8 Å². The van der Waals surface area contributed by atoms with E-state index < -0.39 is 16.1 Å². The SMILES string of the molecule is CCNS(=O)(=O)c1ccc(CCC(=O)N(Cc2ccccc2)[C@H](C(=O)NCCO)c2ccccc2)cc1. The third kappa shape index (κ3) is 7.98. The molecule has 0 aromatic heterocycles. The van der Waals surface area contributed by atoms with Gasteiger partial charge in [0.05, 0.1) is 11.5 Å². The third-order valence-electron chi connectivity index (χ3n) is 5.80. The Labute approximate surface area is 218 Å². The topological polar surface area (TPSA) is 116 Å². The van der Waals surface area contributed by atoms with E-state index in [1.165, 1.54) is 12.1 Å². The first-order valence-electron chi connectivity index (χ1n) is 12.2. The predicted octanol–water partition coefficient (Wildman–Crippen LogP) is 2.80. The Bertz CT molecular complexity index is 1250. The number of amides is 2. The lowest BCUT2D eigenvalue weighted by molar-refractivity contribution is -0.141. The zero-order valence-corrected chi connectivity index (χ0v) is 21.7. The second-order valence-electron chi connectivity index (χ2n) is 8.48. The van der Waals surface area contributed by atoms with E-state index in [1.807, 2.05) is 48.5 Å². The van der Waals surface area contributed by atoms with Crippen molar-refractivity contribution >= 4 is 21.8 Å². The zero-order valence-electron chi connectivity index (χ0n) is 20.8. The number of carbonyl (C=O) groups excluding carboxylic acids is 2. The molecule has 0 saturated heterocycles. The molecule has 37 heavy (non-hydrogen) atoms. The second-order valence-corrected chi connectivity index (χ2v) is 10.2. The van der Waals surface area contributed by atoms with Crippen LogP contribution in [0.3, 0.4) is 0 Å². The summed E-state index contributed by atoms with van der Waals surface area (Å²) in [6.45, 7) is 2.11. The number of aliphatic hydroxyl groups is 1. The molecule has 2 amide bonds. The van der Waals surface area contributed by atoms with Gasteiger partial charge in [-0.3, -0.25) is 9.59 Å². The van der Waals surface area contributed by atoms with Crippen LogP contribution in [0, 0.1) is 0 Å². The number of carbonyl (C=O) groups is 2. The maximum atomic E-state index is 13.6. The summed E-state index contributed by atoms with van der Waals surface area (Å²) in [6.07, 6.45) is 0.508. The smallest absolute Gasteiger partial charge is 0.247 e. The third-order valence-corrected chi connectivity index (χ3v) is 7.36. The van der Waals surface area contributed by atoms with Crippen LogP contribution in [0.2, 0.25) is 0 Å². The van der Waals surface area contributed by atoms with Gasteiger partial charge in [0.2, 0.25) is 21.8 Å². The first-order valence-corrected chi connectivity index (χ1v) is 13.7. The molecule has 0 saturated carbocycles. The average Bonchev–Trinajstić information content (AvgIpc) is 2.91. The molecular weight excluding hydrogens is 490 g/mol. The standard InChI is InChI=1S/C28H33N3O5S/c1-2-30-37(35,36)25-16-13-22(14-17-25)15-18-26(33)31(21-23-9-5-3-6-10-23)27(28(34)29-19-20-32)24-11-7-4-8-12-24/h3-14,16-17,27,30,32H,2,15,18-21H2,1H3,(H,29,34)/t27-/m0/s1. The van der Waals surface area contributed by atoms with Crippen molar-refractivity contribution in [1.82, 2.24) is 14.9 Å². The summed E-state index contributed by atoms with van der Waals surface area (Å²) in [6, 6.07) is 24.1. The number of aryl methyl sites for hydroxylation is 1. The van der Waals surface area contributed by atoms with Gasteiger partial charge in [-0.05, 0) is 35.2 Å². The zero-order chi connectivity index (χ0) is 26.7. The number of nitrogens with one attached hydrogen (secondary N) is 2. The van der Waals surface area contributed by atoms with Crippen LogP contribution in [0.5, 0.6) is 0 Å².